The third-order valence-electron chi connectivity index (χ3n) is 4.46. The summed E-state index contributed by atoms with van der Waals surface area (Å²) in [7, 11) is -2.15. The van der Waals surface area contributed by atoms with E-state index in [4.69, 9.17) is 23.2 Å². The van der Waals surface area contributed by atoms with Gasteiger partial charge in [-0.2, -0.15) is 0 Å². The van der Waals surface area contributed by atoms with E-state index < -0.39 is 10.0 Å². The minimum atomic E-state index is -3.96. The van der Waals surface area contributed by atoms with E-state index in [1.165, 1.54) is 17.4 Å². The van der Waals surface area contributed by atoms with Gasteiger partial charge in [-0.3, -0.25) is 4.72 Å². The maximum atomic E-state index is 13.0. The van der Waals surface area contributed by atoms with Crippen LogP contribution in [0.25, 0.3) is 21.3 Å². The van der Waals surface area contributed by atoms with E-state index in [-0.39, 0.29) is 20.8 Å². The van der Waals surface area contributed by atoms with Crippen LogP contribution in [0.2, 0.25) is 10.2 Å². The summed E-state index contributed by atoms with van der Waals surface area (Å²) in [6.45, 7) is 1.68. The molecule has 30 heavy (non-hydrogen) atoms. The number of hydrogen-bond acceptors (Lipinski definition) is 6. The first-order valence-electron chi connectivity index (χ1n) is 8.81. The summed E-state index contributed by atoms with van der Waals surface area (Å²) in [5, 5.41) is 4.01. The Morgan fingerprint density at radius 1 is 1.10 bits per heavy atom. The number of pyridine rings is 1. The number of benzene rings is 2. The highest BCUT2D eigenvalue weighted by molar-refractivity contribution is 7.93. The van der Waals surface area contributed by atoms with Gasteiger partial charge in [0.1, 0.15) is 4.90 Å². The second-order valence-corrected chi connectivity index (χ2v) is 9.86. The normalized spacial score (nSPS) is 11.6. The number of nitrogens with one attached hydrogen (secondary N) is 2. The fourth-order valence-corrected chi connectivity index (χ4v) is 6.15. The van der Waals surface area contributed by atoms with Crippen molar-refractivity contribution in [2.75, 3.05) is 17.1 Å². The topological polar surface area (TPSA) is 84.0 Å². The van der Waals surface area contributed by atoms with E-state index in [9.17, 15) is 8.42 Å². The quantitative estimate of drug-likeness (QED) is 0.353. The standard InChI is InChI=1S/C20H16Cl2N4O2S2/c1-11-5-3-7-14(21)18(11)30(27,28)26-16-9-12(10-24-19(16)22)13-6-4-8-15-17(13)29-20(23-2)25-15/h3-10,26H,1-2H3,(H,23,25). The number of rotatable bonds is 5. The molecule has 10 heteroatoms. The van der Waals surface area contributed by atoms with Gasteiger partial charge >= 0.3 is 0 Å². The predicted octanol–water partition coefficient (Wildman–Crippen LogP) is 5.82. The van der Waals surface area contributed by atoms with Crippen LogP contribution < -0.4 is 10.0 Å². The maximum absolute atomic E-state index is 13.0. The van der Waals surface area contributed by atoms with E-state index in [0.717, 1.165) is 20.9 Å². The minimum Gasteiger partial charge on any atom is -0.365 e. The number of halogens is 2. The van der Waals surface area contributed by atoms with E-state index >= 15 is 0 Å². The molecular formula is C20H16Cl2N4O2S2. The number of fused-ring (bicyclic) bond motifs is 1. The van der Waals surface area contributed by atoms with E-state index in [0.29, 0.717) is 11.1 Å². The van der Waals surface area contributed by atoms with E-state index in [1.807, 2.05) is 25.2 Å². The number of thiazole rings is 1. The molecule has 2 N–H and O–H groups in total. The summed E-state index contributed by atoms with van der Waals surface area (Å²) in [4.78, 5) is 8.71. The zero-order chi connectivity index (χ0) is 21.5. The van der Waals surface area contributed by atoms with Crippen molar-refractivity contribution in [2.24, 2.45) is 0 Å². The van der Waals surface area contributed by atoms with Gasteiger partial charge in [-0.15, -0.1) is 0 Å². The average molecular weight is 479 g/mol. The van der Waals surface area contributed by atoms with Crippen molar-refractivity contribution >= 4 is 65.6 Å². The number of aryl methyl sites for hydroxylation is 1. The van der Waals surface area contributed by atoms with Crippen LogP contribution in [0.3, 0.4) is 0 Å². The first kappa shape index (κ1) is 20.9. The molecular weight excluding hydrogens is 463 g/mol. The molecule has 4 rings (SSSR count). The van der Waals surface area contributed by atoms with Gasteiger partial charge in [0, 0.05) is 24.4 Å². The van der Waals surface area contributed by atoms with Gasteiger partial charge in [0.15, 0.2) is 10.3 Å². The Morgan fingerprint density at radius 2 is 1.87 bits per heavy atom. The van der Waals surface area contributed by atoms with E-state index in [2.05, 4.69) is 20.0 Å². The summed E-state index contributed by atoms with van der Waals surface area (Å²) >= 11 is 13.9. The van der Waals surface area contributed by atoms with Crippen LogP contribution >= 0.6 is 34.5 Å². The third-order valence-corrected chi connectivity index (χ3v) is 7.87. The van der Waals surface area contributed by atoms with Crippen LogP contribution in [0.5, 0.6) is 0 Å². The van der Waals surface area contributed by atoms with Crippen LogP contribution in [-0.4, -0.2) is 25.4 Å². The smallest absolute Gasteiger partial charge is 0.263 e. The predicted molar refractivity (Wildman–Crippen MR) is 124 cm³/mol. The number of hydrogen-bond donors (Lipinski definition) is 2. The van der Waals surface area contributed by atoms with Gasteiger partial charge in [0.2, 0.25) is 0 Å². The molecule has 154 valence electrons. The molecule has 6 nitrogen and oxygen atoms in total. The molecule has 0 spiro atoms. The lowest BCUT2D eigenvalue weighted by Crippen LogP contribution is -2.15. The molecule has 2 aromatic carbocycles. The Hall–Kier alpha value is -2.39. The van der Waals surface area contributed by atoms with Crippen molar-refractivity contribution in [1.82, 2.24) is 9.97 Å². The van der Waals surface area contributed by atoms with Gasteiger partial charge in [0.25, 0.3) is 10.0 Å². The number of sulfonamides is 1. The Labute approximate surface area is 188 Å². The molecule has 0 atom stereocenters. The van der Waals surface area contributed by atoms with Gasteiger partial charge in [0.05, 0.1) is 20.9 Å². The SMILES string of the molecule is CNc1nc2cccc(-c3cnc(Cl)c(NS(=O)(=O)c4c(C)cccc4Cl)c3)c2s1. The van der Waals surface area contributed by atoms with Gasteiger partial charge < -0.3 is 5.32 Å². The van der Waals surface area contributed by atoms with Crippen molar-refractivity contribution in [1.29, 1.82) is 0 Å². The molecule has 0 aliphatic heterocycles. The average Bonchev–Trinajstić information content (AvgIpc) is 3.12. The molecule has 0 aliphatic rings. The zero-order valence-electron chi connectivity index (χ0n) is 15.9. The number of anilines is 2. The first-order valence-corrected chi connectivity index (χ1v) is 11.9. The molecule has 0 unspecified atom stereocenters. The summed E-state index contributed by atoms with van der Waals surface area (Å²) < 4.78 is 29.5. The molecule has 0 saturated heterocycles. The Bertz CT molecular complexity index is 1350. The fraction of sp³-hybridized carbons (Fsp3) is 0.100. The molecule has 0 amide bonds. The largest absolute Gasteiger partial charge is 0.365 e. The molecule has 0 fully saturated rings. The molecule has 0 bridgehead atoms. The van der Waals surface area contributed by atoms with Crippen molar-refractivity contribution in [3.63, 3.8) is 0 Å². The summed E-state index contributed by atoms with van der Waals surface area (Å²) in [6.07, 6.45) is 1.61. The number of aromatic nitrogens is 2. The zero-order valence-corrected chi connectivity index (χ0v) is 19.0. The lowest BCUT2D eigenvalue weighted by molar-refractivity contribution is 0.600. The minimum absolute atomic E-state index is 0.0105. The van der Waals surface area contributed by atoms with Crippen LogP contribution in [0.15, 0.2) is 53.6 Å². The molecule has 2 aromatic heterocycles. The monoisotopic (exact) mass is 478 g/mol. The Kier molecular flexibility index (Phi) is 5.59. The number of nitrogens with zero attached hydrogens (tertiary/aromatic N) is 2. The van der Waals surface area contributed by atoms with E-state index in [1.54, 1.807) is 31.3 Å². The van der Waals surface area contributed by atoms with Crippen molar-refractivity contribution in [3.8, 4) is 11.1 Å². The van der Waals surface area contributed by atoms with Gasteiger partial charge in [-0.05, 0) is 30.7 Å². The van der Waals surface area contributed by atoms with Gasteiger partial charge in [-0.1, -0.05) is 58.8 Å². The molecule has 0 saturated carbocycles. The van der Waals surface area contributed by atoms with Gasteiger partial charge in [-0.25, -0.2) is 18.4 Å². The third kappa shape index (κ3) is 3.83. The molecule has 0 radical (unpaired) electrons. The summed E-state index contributed by atoms with van der Waals surface area (Å²) in [5.74, 6) is 0. The molecule has 2 heterocycles. The lowest BCUT2D eigenvalue weighted by Gasteiger charge is -2.13. The second-order valence-electron chi connectivity index (χ2n) is 6.48. The summed E-state index contributed by atoms with van der Waals surface area (Å²) in [6, 6.07) is 12.3. The van der Waals surface area contributed by atoms with Crippen LogP contribution in [0, 0.1) is 6.92 Å². The fourth-order valence-electron chi connectivity index (χ4n) is 3.10. The highest BCUT2D eigenvalue weighted by Crippen LogP contribution is 2.37. The highest BCUT2D eigenvalue weighted by atomic mass is 35.5. The lowest BCUT2D eigenvalue weighted by atomic mass is 10.1. The summed E-state index contributed by atoms with van der Waals surface area (Å²) in [5.41, 5.74) is 3.13. The molecule has 4 aromatic rings. The Morgan fingerprint density at radius 3 is 2.60 bits per heavy atom. The van der Waals surface area contributed by atoms with Crippen molar-refractivity contribution < 1.29 is 8.42 Å². The van der Waals surface area contributed by atoms with Crippen LogP contribution in [-0.2, 0) is 10.0 Å². The highest BCUT2D eigenvalue weighted by Gasteiger charge is 2.22. The van der Waals surface area contributed by atoms with Crippen LogP contribution in [0.4, 0.5) is 10.8 Å². The van der Waals surface area contributed by atoms with Crippen molar-refractivity contribution in [2.45, 2.75) is 11.8 Å². The maximum Gasteiger partial charge on any atom is 0.263 e. The first-order chi connectivity index (χ1) is 14.3. The Balaban J connectivity index is 1.79. The molecule has 0 aliphatic carbocycles. The second kappa shape index (κ2) is 8.03. The van der Waals surface area contributed by atoms with Crippen LogP contribution in [0.1, 0.15) is 5.56 Å². The van der Waals surface area contributed by atoms with Crippen molar-refractivity contribution in [3.05, 3.63) is 64.4 Å².